The maximum Gasteiger partial charge on any atom is 0.426 e. The number of hydrogen-bond acceptors (Lipinski definition) is 3. The van der Waals surface area contributed by atoms with E-state index in [4.69, 9.17) is 11.6 Å². The molecule has 0 aliphatic carbocycles. The molecule has 0 aliphatic heterocycles. The van der Waals surface area contributed by atoms with Crippen molar-refractivity contribution in [2.45, 2.75) is 44.4 Å². The van der Waals surface area contributed by atoms with E-state index >= 15 is 0 Å². The van der Waals surface area contributed by atoms with Crippen LogP contribution >= 0.6 is 11.6 Å². The number of amides is 1. The molecule has 1 aromatic carbocycles. The summed E-state index contributed by atoms with van der Waals surface area (Å²) in [6.07, 6.45) is -2.58. The van der Waals surface area contributed by atoms with Crippen LogP contribution in [0.5, 0.6) is 0 Å². The van der Waals surface area contributed by atoms with Crippen molar-refractivity contribution in [3.05, 3.63) is 47.0 Å². The smallest absolute Gasteiger partial charge is 0.373 e. The van der Waals surface area contributed by atoms with Gasteiger partial charge in [0.15, 0.2) is 0 Å². The van der Waals surface area contributed by atoms with Gasteiger partial charge in [0.25, 0.3) is 5.91 Å². The van der Waals surface area contributed by atoms with Gasteiger partial charge >= 0.3 is 6.18 Å². The van der Waals surface area contributed by atoms with E-state index in [2.05, 4.69) is 5.10 Å². The lowest BCUT2D eigenvalue weighted by atomic mass is 9.97. The van der Waals surface area contributed by atoms with E-state index in [0.717, 1.165) is 16.7 Å². The van der Waals surface area contributed by atoms with E-state index in [1.54, 1.807) is 16.9 Å². The molecule has 0 radical (unpaired) electrons. The lowest BCUT2D eigenvalue weighted by molar-refractivity contribution is -0.249. The van der Waals surface area contributed by atoms with Gasteiger partial charge in [-0.25, -0.2) is 9.07 Å². The second kappa shape index (κ2) is 8.71. The molecule has 1 unspecified atom stereocenters. The van der Waals surface area contributed by atoms with Gasteiger partial charge in [0.2, 0.25) is 5.60 Å². The number of carbonyl (C=O) groups is 1. The summed E-state index contributed by atoms with van der Waals surface area (Å²) < 4.78 is 53.5. The summed E-state index contributed by atoms with van der Waals surface area (Å²) in [5.74, 6) is -2.07. The van der Waals surface area contributed by atoms with Gasteiger partial charge in [0.05, 0.1) is 10.7 Å². The number of halogens is 5. The van der Waals surface area contributed by atoms with Crippen molar-refractivity contribution in [2.24, 2.45) is 0 Å². The highest BCUT2D eigenvalue weighted by atomic mass is 35.5. The van der Waals surface area contributed by atoms with Gasteiger partial charge in [-0.3, -0.25) is 4.79 Å². The minimum Gasteiger partial charge on any atom is -0.373 e. The quantitative estimate of drug-likeness (QED) is 0.659. The fraction of sp³-hybridized carbons (Fsp3) is 0.474. The van der Waals surface area contributed by atoms with Crippen molar-refractivity contribution in [3.63, 3.8) is 0 Å². The molecule has 1 aromatic heterocycles. The summed E-state index contributed by atoms with van der Waals surface area (Å²) in [4.78, 5) is 12.9. The van der Waals surface area contributed by atoms with Gasteiger partial charge in [-0.15, -0.1) is 0 Å². The first-order valence-corrected chi connectivity index (χ1v) is 9.32. The number of rotatable bonds is 7. The van der Waals surface area contributed by atoms with Crippen molar-refractivity contribution in [3.8, 4) is 5.69 Å². The Morgan fingerprint density at radius 3 is 2.55 bits per heavy atom. The summed E-state index contributed by atoms with van der Waals surface area (Å²) >= 11 is 6.11. The Balaban J connectivity index is 2.18. The minimum absolute atomic E-state index is 0.00804. The van der Waals surface area contributed by atoms with Crippen LogP contribution in [0.4, 0.5) is 17.6 Å². The molecular formula is C19H22ClF4N3O2. The lowest BCUT2D eigenvalue weighted by Gasteiger charge is -2.30. The van der Waals surface area contributed by atoms with Crippen LogP contribution in [0, 0.1) is 5.82 Å². The number of likely N-dealkylation sites (N-methyl/N-ethyl adjacent to an activating group) is 1. The van der Waals surface area contributed by atoms with Crippen LogP contribution in [0.15, 0.2) is 30.5 Å². The summed E-state index contributed by atoms with van der Waals surface area (Å²) in [6.45, 7) is 2.32. The fourth-order valence-electron chi connectivity index (χ4n) is 2.98. The Labute approximate surface area is 170 Å². The standard InChI is InChI=1S/C19H22ClF4N3O2/c1-4-12(8-10-26(3)17(28)18(2,29)19(22,23)24)15-7-9-25-27(15)16-6-5-13(21)11-14(16)20/h5-7,9,11-12,29H,4,8,10H2,1-3H3/t12?,18-/m1/s1. The van der Waals surface area contributed by atoms with Crippen LogP contribution in [0.3, 0.4) is 0 Å². The number of carbonyl (C=O) groups excluding carboxylic acids is 1. The topological polar surface area (TPSA) is 58.4 Å². The zero-order chi connectivity index (χ0) is 22.0. The van der Waals surface area contributed by atoms with Crippen LogP contribution in [0.1, 0.15) is 38.3 Å². The molecule has 2 rings (SSSR count). The van der Waals surface area contributed by atoms with E-state index in [1.165, 1.54) is 19.2 Å². The summed E-state index contributed by atoms with van der Waals surface area (Å²) in [5.41, 5.74) is -2.26. The van der Waals surface area contributed by atoms with Gasteiger partial charge in [-0.2, -0.15) is 18.3 Å². The van der Waals surface area contributed by atoms with Gasteiger partial charge in [-0.05, 0) is 44.0 Å². The molecule has 160 valence electrons. The zero-order valence-corrected chi connectivity index (χ0v) is 16.9. The third-order valence-electron chi connectivity index (χ3n) is 4.85. The Bertz CT molecular complexity index is 867. The van der Waals surface area contributed by atoms with E-state index in [1.807, 2.05) is 6.92 Å². The van der Waals surface area contributed by atoms with Crippen molar-refractivity contribution < 1.29 is 27.5 Å². The average Bonchev–Trinajstić information content (AvgIpc) is 3.09. The van der Waals surface area contributed by atoms with E-state index < -0.39 is 23.5 Å². The molecule has 2 atom stereocenters. The Kier molecular flexibility index (Phi) is 6.95. The number of aliphatic hydroxyl groups is 1. The van der Waals surface area contributed by atoms with E-state index in [9.17, 15) is 27.5 Å². The SMILES string of the molecule is CCC(CCN(C)C(=O)[C@@](C)(O)C(F)(F)F)c1ccnn1-c1ccc(F)cc1Cl. The monoisotopic (exact) mass is 435 g/mol. The van der Waals surface area contributed by atoms with Gasteiger partial charge in [-0.1, -0.05) is 18.5 Å². The number of benzene rings is 1. The van der Waals surface area contributed by atoms with Gasteiger partial charge < -0.3 is 10.0 Å². The molecule has 29 heavy (non-hydrogen) atoms. The predicted octanol–water partition coefficient (Wildman–Crippen LogP) is 4.32. The first-order valence-electron chi connectivity index (χ1n) is 8.94. The predicted molar refractivity (Wildman–Crippen MR) is 100 cm³/mol. The minimum atomic E-state index is -5.07. The van der Waals surface area contributed by atoms with E-state index in [-0.39, 0.29) is 17.5 Å². The lowest BCUT2D eigenvalue weighted by Crippen LogP contribution is -2.55. The van der Waals surface area contributed by atoms with Crippen molar-refractivity contribution >= 4 is 17.5 Å². The molecule has 0 saturated carbocycles. The van der Waals surface area contributed by atoms with Crippen LogP contribution < -0.4 is 0 Å². The molecule has 1 heterocycles. The third kappa shape index (κ3) is 4.90. The first kappa shape index (κ1) is 23.2. The molecule has 1 N–H and O–H groups in total. The molecular weight excluding hydrogens is 414 g/mol. The number of alkyl halides is 3. The van der Waals surface area contributed by atoms with E-state index in [0.29, 0.717) is 25.5 Å². The average molecular weight is 436 g/mol. The maximum atomic E-state index is 13.3. The summed E-state index contributed by atoms with van der Waals surface area (Å²) in [5, 5.41) is 14.0. The number of nitrogens with zero attached hydrogens (tertiary/aromatic N) is 3. The summed E-state index contributed by atoms with van der Waals surface area (Å²) in [6, 6.07) is 5.63. The van der Waals surface area contributed by atoms with Crippen molar-refractivity contribution in [2.75, 3.05) is 13.6 Å². The second-order valence-electron chi connectivity index (χ2n) is 6.95. The summed E-state index contributed by atoms with van der Waals surface area (Å²) in [7, 11) is 1.21. The molecule has 0 fully saturated rings. The van der Waals surface area contributed by atoms with Gasteiger partial charge in [0, 0.05) is 31.4 Å². The second-order valence-corrected chi connectivity index (χ2v) is 7.36. The Hall–Kier alpha value is -2.13. The Morgan fingerprint density at radius 2 is 2.00 bits per heavy atom. The molecule has 0 aliphatic rings. The Morgan fingerprint density at radius 1 is 1.34 bits per heavy atom. The number of hydrogen-bond donors (Lipinski definition) is 1. The van der Waals surface area contributed by atoms with Crippen LogP contribution in [0.2, 0.25) is 5.02 Å². The largest absolute Gasteiger partial charge is 0.426 e. The highest BCUT2D eigenvalue weighted by Gasteiger charge is 2.56. The zero-order valence-electron chi connectivity index (χ0n) is 16.2. The number of aromatic nitrogens is 2. The molecule has 0 spiro atoms. The molecule has 5 nitrogen and oxygen atoms in total. The van der Waals surface area contributed by atoms with Crippen LogP contribution in [0.25, 0.3) is 5.69 Å². The van der Waals surface area contributed by atoms with Gasteiger partial charge in [0.1, 0.15) is 5.82 Å². The molecule has 10 heteroatoms. The normalized spacial score (nSPS) is 15.1. The van der Waals surface area contributed by atoms with Crippen molar-refractivity contribution in [1.82, 2.24) is 14.7 Å². The molecule has 2 aromatic rings. The fourth-order valence-corrected chi connectivity index (χ4v) is 3.23. The highest BCUT2D eigenvalue weighted by Crippen LogP contribution is 2.32. The molecule has 1 amide bonds. The van der Waals surface area contributed by atoms with Crippen LogP contribution in [-0.4, -0.2) is 51.1 Å². The molecule has 0 bridgehead atoms. The van der Waals surface area contributed by atoms with Crippen molar-refractivity contribution in [1.29, 1.82) is 0 Å². The molecule has 0 saturated heterocycles. The third-order valence-corrected chi connectivity index (χ3v) is 5.15. The maximum absolute atomic E-state index is 13.3. The first-order chi connectivity index (χ1) is 13.4. The van der Waals surface area contributed by atoms with Crippen LogP contribution in [-0.2, 0) is 4.79 Å². The highest BCUT2D eigenvalue weighted by molar-refractivity contribution is 6.32.